The van der Waals surface area contributed by atoms with Gasteiger partial charge in [-0.2, -0.15) is 0 Å². The van der Waals surface area contributed by atoms with Crippen LogP contribution in [0.4, 0.5) is 0 Å². The highest BCUT2D eigenvalue weighted by molar-refractivity contribution is 6.13. The number of hydrogen-bond acceptors (Lipinski definition) is 6. The monoisotopic (exact) mass is 655 g/mol. The standard InChI is InChI=1S/C45H25N3O3/c1-2-10-26(11-3-1)43-46-44(48-45(47-43)33-16-9-19-40-41(33)32-13-5-7-18-37(32)50-40)28-21-23-39-35(25-28)34-24-27(20-22-38(34)49-39)29-14-8-15-31-30-12-4-6-17-36(30)51-42(29)31/h1-25H. The van der Waals surface area contributed by atoms with Gasteiger partial charge in [0, 0.05) is 54.6 Å². The highest BCUT2D eigenvalue weighted by Gasteiger charge is 2.19. The van der Waals surface area contributed by atoms with Crippen LogP contribution in [0.3, 0.4) is 0 Å². The Hall–Kier alpha value is -7.05. The molecule has 0 radical (unpaired) electrons. The molecule has 0 atom stereocenters. The molecule has 0 aliphatic carbocycles. The molecule has 0 fully saturated rings. The van der Waals surface area contributed by atoms with Gasteiger partial charge in [0.1, 0.15) is 33.5 Å². The van der Waals surface area contributed by atoms with E-state index in [0.717, 1.165) is 93.6 Å². The van der Waals surface area contributed by atoms with Gasteiger partial charge in [0.25, 0.3) is 0 Å². The third-order valence-electron chi connectivity index (χ3n) is 9.75. The van der Waals surface area contributed by atoms with Gasteiger partial charge < -0.3 is 13.3 Å². The van der Waals surface area contributed by atoms with Crippen LogP contribution in [0.5, 0.6) is 0 Å². The van der Waals surface area contributed by atoms with Crippen LogP contribution in [-0.4, -0.2) is 15.0 Å². The molecule has 6 heteroatoms. The van der Waals surface area contributed by atoms with E-state index in [1.807, 2.05) is 97.1 Å². The van der Waals surface area contributed by atoms with Crippen molar-refractivity contribution in [1.29, 1.82) is 0 Å². The molecule has 4 heterocycles. The van der Waals surface area contributed by atoms with Gasteiger partial charge >= 0.3 is 0 Å². The molecule has 0 aliphatic rings. The van der Waals surface area contributed by atoms with Crippen molar-refractivity contribution >= 4 is 65.8 Å². The van der Waals surface area contributed by atoms with Crippen molar-refractivity contribution in [2.45, 2.75) is 0 Å². The second-order valence-corrected chi connectivity index (χ2v) is 12.8. The molecule has 238 valence electrons. The third-order valence-corrected chi connectivity index (χ3v) is 9.75. The van der Waals surface area contributed by atoms with Crippen molar-refractivity contribution in [1.82, 2.24) is 15.0 Å². The van der Waals surface area contributed by atoms with E-state index in [4.69, 9.17) is 28.2 Å². The molecule has 0 saturated carbocycles. The van der Waals surface area contributed by atoms with Gasteiger partial charge in [0.15, 0.2) is 17.5 Å². The Morgan fingerprint density at radius 2 is 0.863 bits per heavy atom. The van der Waals surface area contributed by atoms with E-state index in [1.165, 1.54) is 0 Å². The third kappa shape index (κ3) is 4.33. The summed E-state index contributed by atoms with van der Waals surface area (Å²) in [6, 6.07) is 51.1. The summed E-state index contributed by atoms with van der Waals surface area (Å²) in [6.45, 7) is 0. The molecule has 0 aliphatic heterocycles. The normalized spacial score (nSPS) is 11.9. The summed E-state index contributed by atoms with van der Waals surface area (Å²) in [6.07, 6.45) is 0. The lowest BCUT2D eigenvalue weighted by Crippen LogP contribution is -2.00. The summed E-state index contributed by atoms with van der Waals surface area (Å²) in [5.41, 5.74) is 9.71. The zero-order chi connectivity index (χ0) is 33.5. The van der Waals surface area contributed by atoms with E-state index >= 15 is 0 Å². The van der Waals surface area contributed by atoms with Gasteiger partial charge in [-0.15, -0.1) is 0 Å². The minimum absolute atomic E-state index is 0.572. The Labute approximate surface area is 290 Å². The van der Waals surface area contributed by atoms with Crippen molar-refractivity contribution < 1.29 is 13.3 Å². The van der Waals surface area contributed by atoms with E-state index in [0.29, 0.717) is 17.5 Å². The highest BCUT2D eigenvalue weighted by atomic mass is 16.3. The van der Waals surface area contributed by atoms with Crippen LogP contribution >= 0.6 is 0 Å². The molecule has 11 aromatic rings. The summed E-state index contributed by atoms with van der Waals surface area (Å²) >= 11 is 0. The van der Waals surface area contributed by atoms with Crippen LogP contribution in [0.2, 0.25) is 0 Å². The summed E-state index contributed by atoms with van der Waals surface area (Å²) < 4.78 is 19.0. The fraction of sp³-hybridized carbons (Fsp3) is 0. The number of hydrogen-bond donors (Lipinski definition) is 0. The fourth-order valence-corrected chi connectivity index (χ4v) is 7.36. The first-order valence-electron chi connectivity index (χ1n) is 16.8. The molecule has 0 spiro atoms. The first-order valence-corrected chi connectivity index (χ1v) is 16.8. The van der Waals surface area contributed by atoms with Gasteiger partial charge in [-0.05, 0) is 54.1 Å². The Balaban J connectivity index is 1.10. The highest BCUT2D eigenvalue weighted by Crippen LogP contribution is 2.40. The quantitative estimate of drug-likeness (QED) is 0.188. The summed E-state index contributed by atoms with van der Waals surface area (Å²) in [5.74, 6) is 1.75. The lowest BCUT2D eigenvalue weighted by atomic mass is 10.00. The van der Waals surface area contributed by atoms with Crippen LogP contribution in [0.25, 0.3) is 111 Å². The van der Waals surface area contributed by atoms with E-state index in [9.17, 15) is 0 Å². The average Bonchev–Trinajstić information content (AvgIpc) is 3.89. The number of fused-ring (bicyclic) bond motifs is 9. The topological polar surface area (TPSA) is 78.1 Å². The largest absolute Gasteiger partial charge is 0.456 e. The maximum Gasteiger partial charge on any atom is 0.164 e. The van der Waals surface area contributed by atoms with Crippen molar-refractivity contribution in [3.8, 4) is 45.3 Å². The summed E-state index contributed by atoms with van der Waals surface area (Å²) in [5, 5.41) is 6.19. The molecule has 11 rings (SSSR count). The minimum atomic E-state index is 0.572. The Morgan fingerprint density at radius 1 is 0.314 bits per heavy atom. The molecule has 6 nitrogen and oxygen atoms in total. The van der Waals surface area contributed by atoms with Crippen molar-refractivity contribution in [3.63, 3.8) is 0 Å². The molecule has 4 aromatic heterocycles. The number of para-hydroxylation sites is 3. The lowest BCUT2D eigenvalue weighted by molar-refractivity contribution is 0.668. The summed E-state index contributed by atoms with van der Waals surface area (Å²) in [7, 11) is 0. The molecular formula is C45H25N3O3. The van der Waals surface area contributed by atoms with Crippen LogP contribution in [0, 0.1) is 0 Å². The maximum absolute atomic E-state index is 6.38. The number of furan rings is 3. The molecular weight excluding hydrogens is 631 g/mol. The SMILES string of the molecule is c1ccc(-c2nc(-c3ccc4oc5ccc(-c6cccc7c6oc6ccccc67)cc5c4c3)nc(-c3cccc4oc5ccccc5c34)n2)cc1. The molecule has 0 saturated heterocycles. The number of benzene rings is 7. The van der Waals surface area contributed by atoms with Gasteiger partial charge in [0.2, 0.25) is 0 Å². The summed E-state index contributed by atoms with van der Waals surface area (Å²) in [4.78, 5) is 15.2. The fourth-order valence-electron chi connectivity index (χ4n) is 7.36. The molecule has 51 heavy (non-hydrogen) atoms. The molecule has 0 bridgehead atoms. The number of aromatic nitrogens is 3. The Bertz CT molecular complexity index is 3150. The van der Waals surface area contributed by atoms with Crippen LogP contribution in [0.15, 0.2) is 165 Å². The molecule has 7 aromatic carbocycles. The predicted molar refractivity (Wildman–Crippen MR) is 203 cm³/mol. The van der Waals surface area contributed by atoms with E-state index in [2.05, 4.69) is 54.6 Å². The Morgan fingerprint density at radius 3 is 1.69 bits per heavy atom. The average molecular weight is 656 g/mol. The van der Waals surface area contributed by atoms with Crippen molar-refractivity contribution in [2.24, 2.45) is 0 Å². The predicted octanol–water partition coefficient (Wildman–Crippen LogP) is 12.2. The smallest absolute Gasteiger partial charge is 0.164 e. The zero-order valence-corrected chi connectivity index (χ0v) is 27.0. The van der Waals surface area contributed by atoms with Crippen LogP contribution in [0.1, 0.15) is 0 Å². The van der Waals surface area contributed by atoms with Gasteiger partial charge in [-0.3, -0.25) is 0 Å². The van der Waals surface area contributed by atoms with E-state index in [-0.39, 0.29) is 0 Å². The number of nitrogens with zero attached hydrogens (tertiary/aromatic N) is 3. The van der Waals surface area contributed by atoms with Gasteiger partial charge in [-0.25, -0.2) is 15.0 Å². The maximum atomic E-state index is 6.38. The first-order chi connectivity index (χ1) is 25.2. The zero-order valence-electron chi connectivity index (χ0n) is 27.0. The minimum Gasteiger partial charge on any atom is -0.456 e. The second kappa shape index (κ2) is 10.7. The number of rotatable bonds is 4. The van der Waals surface area contributed by atoms with Crippen LogP contribution < -0.4 is 0 Å². The Kier molecular flexibility index (Phi) is 5.86. The van der Waals surface area contributed by atoms with Crippen LogP contribution in [-0.2, 0) is 0 Å². The molecule has 0 N–H and O–H groups in total. The lowest BCUT2D eigenvalue weighted by Gasteiger charge is -2.09. The van der Waals surface area contributed by atoms with Crippen molar-refractivity contribution in [3.05, 3.63) is 152 Å². The second-order valence-electron chi connectivity index (χ2n) is 12.8. The first kappa shape index (κ1) is 27.9. The van der Waals surface area contributed by atoms with E-state index < -0.39 is 0 Å². The van der Waals surface area contributed by atoms with E-state index in [1.54, 1.807) is 0 Å². The van der Waals surface area contributed by atoms with Gasteiger partial charge in [-0.1, -0.05) is 103 Å². The van der Waals surface area contributed by atoms with Gasteiger partial charge in [0.05, 0.1) is 0 Å². The molecule has 0 amide bonds. The van der Waals surface area contributed by atoms with Crippen molar-refractivity contribution in [2.75, 3.05) is 0 Å². The molecule has 0 unspecified atom stereocenters.